The Morgan fingerprint density at radius 2 is 2.12 bits per heavy atom. The van der Waals surface area contributed by atoms with Crippen LogP contribution in [0.25, 0.3) is 0 Å². The molecule has 0 saturated carbocycles. The van der Waals surface area contributed by atoms with Crippen LogP contribution in [0.5, 0.6) is 0 Å². The zero-order chi connectivity index (χ0) is 12.3. The fourth-order valence-electron chi connectivity index (χ4n) is 2.28. The molecule has 4 heteroatoms. The molecule has 2 nitrogen and oxygen atoms in total. The fraction of sp³-hybridized carbons (Fsp3) is 0.538. The van der Waals surface area contributed by atoms with Crippen LogP contribution in [-0.2, 0) is 10.1 Å². The minimum Gasteiger partial charge on any atom is -0.381 e. The molecule has 0 radical (unpaired) electrons. The largest absolute Gasteiger partial charge is 0.381 e. The molecule has 0 bridgehead atoms. The zero-order valence-electron chi connectivity index (χ0n) is 9.96. The maximum atomic E-state index is 13.7. The second kappa shape index (κ2) is 5.83. The number of anilines is 1. The topological polar surface area (TPSA) is 12.5 Å². The summed E-state index contributed by atoms with van der Waals surface area (Å²) in [6.07, 6.45) is 2.02. The molecule has 0 amide bonds. The van der Waals surface area contributed by atoms with Crippen LogP contribution in [0, 0.1) is 5.82 Å². The Kier molecular flexibility index (Phi) is 4.40. The van der Waals surface area contributed by atoms with Gasteiger partial charge in [0.1, 0.15) is 5.82 Å². The summed E-state index contributed by atoms with van der Waals surface area (Å²) in [7, 11) is 2.04. The number of benzene rings is 1. The van der Waals surface area contributed by atoms with Crippen molar-refractivity contribution in [3.05, 3.63) is 29.6 Å². The minimum absolute atomic E-state index is 0.140. The van der Waals surface area contributed by atoms with Gasteiger partial charge < -0.3 is 9.64 Å². The lowest BCUT2D eigenvalue weighted by Gasteiger charge is -2.34. The highest BCUT2D eigenvalue weighted by molar-refractivity contribution is 9.08. The van der Waals surface area contributed by atoms with E-state index in [9.17, 15) is 4.39 Å². The molecule has 2 rings (SSSR count). The molecule has 1 aliphatic rings. The van der Waals surface area contributed by atoms with E-state index >= 15 is 0 Å². The van der Waals surface area contributed by atoms with Crippen molar-refractivity contribution >= 4 is 21.6 Å². The molecule has 0 aromatic heterocycles. The van der Waals surface area contributed by atoms with Crippen LogP contribution in [0.1, 0.15) is 18.4 Å². The van der Waals surface area contributed by atoms with E-state index < -0.39 is 0 Å². The molecule has 1 aromatic rings. The first-order valence-electron chi connectivity index (χ1n) is 5.88. The van der Waals surface area contributed by atoms with Crippen molar-refractivity contribution in [3.63, 3.8) is 0 Å². The van der Waals surface area contributed by atoms with Crippen LogP contribution in [-0.4, -0.2) is 26.3 Å². The minimum atomic E-state index is -0.140. The van der Waals surface area contributed by atoms with E-state index in [1.165, 1.54) is 6.07 Å². The molecule has 1 saturated heterocycles. The van der Waals surface area contributed by atoms with Gasteiger partial charge in [-0.15, -0.1) is 0 Å². The van der Waals surface area contributed by atoms with E-state index in [1.54, 1.807) is 6.07 Å². The summed E-state index contributed by atoms with van der Waals surface area (Å²) < 4.78 is 19.1. The number of ether oxygens (including phenoxy) is 1. The number of hydrogen-bond acceptors (Lipinski definition) is 2. The average molecular weight is 302 g/mol. The molecule has 0 aliphatic carbocycles. The fourth-order valence-corrected chi connectivity index (χ4v) is 2.83. The number of halogens is 2. The van der Waals surface area contributed by atoms with E-state index in [-0.39, 0.29) is 5.82 Å². The van der Waals surface area contributed by atoms with Gasteiger partial charge in [0, 0.05) is 42.9 Å². The third-order valence-corrected chi connectivity index (χ3v) is 3.91. The van der Waals surface area contributed by atoms with Gasteiger partial charge in [0.2, 0.25) is 0 Å². The van der Waals surface area contributed by atoms with E-state index in [0.29, 0.717) is 11.4 Å². The molecule has 1 heterocycles. The summed E-state index contributed by atoms with van der Waals surface area (Å²) in [5.74, 6) is -0.140. The monoisotopic (exact) mass is 301 g/mol. The third-order valence-electron chi connectivity index (χ3n) is 3.35. The van der Waals surface area contributed by atoms with Gasteiger partial charge >= 0.3 is 0 Å². The Balaban J connectivity index is 2.23. The second-order valence-electron chi connectivity index (χ2n) is 4.33. The van der Waals surface area contributed by atoms with Crippen molar-refractivity contribution in [2.24, 2.45) is 0 Å². The van der Waals surface area contributed by atoms with Gasteiger partial charge in [-0.3, -0.25) is 0 Å². The third kappa shape index (κ3) is 2.80. The number of alkyl halides is 1. The van der Waals surface area contributed by atoms with Crippen molar-refractivity contribution in [1.29, 1.82) is 0 Å². The standard InChI is InChI=1S/C13H17BrFNO/c1-16(10-5-7-17-8-6-10)13-4-2-3-12(15)11(13)9-14/h2-4,10H,5-9H2,1H3. The van der Waals surface area contributed by atoms with Crippen LogP contribution >= 0.6 is 15.9 Å². The summed E-state index contributed by atoms with van der Waals surface area (Å²) in [6.45, 7) is 1.60. The first-order chi connectivity index (χ1) is 8.24. The normalized spacial score (nSPS) is 17.1. The lowest BCUT2D eigenvalue weighted by molar-refractivity contribution is 0.0854. The smallest absolute Gasteiger partial charge is 0.129 e. The summed E-state index contributed by atoms with van der Waals surface area (Å²) in [5, 5.41) is 0.544. The van der Waals surface area contributed by atoms with E-state index in [1.807, 2.05) is 13.1 Å². The molecular formula is C13H17BrFNO. The van der Waals surface area contributed by atoms with Crippen LogP contribution < -0.4 is 4.90 Å². The first kappa shape index (κ1) is 12.8. The highest BCUT2D eigenvalue weighted by atomic mass is 79.9. The highest BCUT2D eigenvalue weighted by Crippen LogP contribution is 2.28. The molecular weight excluding hydrogens is 285 g/mol. The first-order valence-corrected chi connectivity index (χ1v) is 7.00. The van der Waals surface area contributed by atoms with Crippen LogP contribution in [0.4, 0.5) is 10.1 Å². The molecule has 1 aliphatic heterocycles. The maximum Gasteiger partial charge on any atom is 0.129 e. The molecule has 1 aromatic carbocycles. The van der Waals surface area contributed by atoms with Gasteiger partial charge in [-0.2, -0.15) is 0 Å². The van der Waals surface area contributed by atoms with Gasteiger partial charge in [-0.25, -0.2) is 4.39 Å². The number of rotatable bonds is 3. The van der Waals surface area contributed by atoms with E-state index in [2.05, 4.69) is 20.8 Å². The van der Waals surface area contributed by atoms with Crippen molar-refractivity contribution in [2.75, 3.05) is 25.2 Å². The van der Waals surface area contributed by atoms with E-state index in [4.69, 9.17) is 4.74 Å². The van der Waals surface area contributed by atoms with Crippen molar-refractivity contribution in [1.82, 2.24) is 0 Å². The second-order valence-corrected chi connectivity index (χ2v) is 4.89. The van der Waals surface area contributed by atoms with Crippen molar-refractivity contribution < 1.29 is 9.13 Å². The number of hydrogen-bond donors (Lipinski definition) is 0. The quantitative estimate of drug-likeness (QED) is 0.794. The van der Waals surface area contributed by atoms with Gasteiger partial charge in [0.05, 0.1) is 0 Å². The summed E-state index contributed by atoms with van der Waals surface area (Å²) in [6, 6.07) is 5.71. The predicted molar refractivity (Wildman–Crippen MR) is 71.3 cm³/mol. The highest BCUT2D eigenvalue weighted by Gasteiger charge is 2.21. The summed E-state index contributed by atoms with van der Waals surface area (Å²) >= 11 is 3.36. The Labute approximate surface area is 110 Å². The molecule has 94 valence electrons. The Hall–Kier alpha value is -0.610. The maximum absolute atomic E-state index is 13.7. The SMILES string of the molecule is CN(c1cccc(F)c1CBr)C1CCOCC1. The molecule has 1 fully saturated rings. The van der Waals surface area contributed by atoms with Crippen LogP contribution in [0.2, 0.25) is 0 Å². The molecule has 0 atom stereocenters. The van der Waals surface area contributed by atoms with Crippen molar-refractivity contribution in [3.8, 4) is 0 Å². The Morgan fingerprint density at radius 3 is 2.76 bits per heavy atom. The van der Waals surface area contributed by atoms with Gasteiger partial charge in [0.15, 0.2) is 0 Å². The van der Waals surface area contributed by atoms with Crippen LogP contribution in [0.3, 0.4) is 0 Å². The van der Waals surface area contributed by atoms with Gasteiger partial charge in [-0.1, -0.05) is 22.0 Å². The molecule has 0 unspecified atom stereocenters. The number of nitrogens with zero attached hydrogens (tertiary/aromatic N) is 1. The van der Waals surface area contributed by atoms with Gasteiger partial charge in [-0.05, 0) is 25.0 Å². The lowest BCUT2D eigenvalue weighted by Crippen LogP contribution is -2.37. The summed E-state index contributed by atoms with van der Waals surface area (Å²) in [5.41, 5.74) is 1.72. The molecule has 17 heavy (non-hydrogen) atoms. The lowest BCUT2D eigenvalue weighted by atomic mass is 10.1. The van der Waals surface area contributed by atoms with Crippen LogP contribution in [0.15, 0.2) is 18.2 Å². The van der Waals surface area contributed by atoms with Crippen molar-refractivity contribution in [2.45, 2.75) is 24.2 Å². The summed E-state index contributed by atoms with van der Waals surface area (Å²) in [4.78, 5) is 2.18. The predicted octanol–water partition coefficient (Wildman–Crippen LogP) is 3.34. The Bertz CT molecular complexity index is 380. The molecule has 0 N–H and O–H groups in total. The van der Waals surface area contributed by atoms with E-state index in [0.717, 1.165) is 37.3 Å². The Morgan fingerprint density at radius 1 is 1.41 bits per heavy atom. The zero-order valence-corrected chi connectivity index (χ0v) is 11.5. The molecule has 0 spiro atoms. The average Bonchev–Trinajstić information content (AvgIpc) is 2.38. The van der Waals surface area contributed by atoms with Gasteiger partial charge in [0.25, 0.3) is 0 Å².